The van der Waals surface area contributed by atoms with Crippen LogP contribution in [0.5, 0.6) is 0 Å². The molecule has 4 nitrogen and oxygen atoms in total. The molecule has 4 heteroatoms. The van der Waals surface area contributed by atoms with Crippen LogP contribution in [0, 0.1) is 24.7 Å². The molecule has 0 saturated heterocycles. The van der Waals surface area contributed by atoms with Gasteiger partial charge in [-0.15, -0.1) is 5.10 Å². The Morgan fingerprint density at radius 1 is 1.17 bits per heavy atom. The number of hydrogen-bond acceptors (Lipinski definition) is 3. The molecule has 2 aliphatic rings. The predicted molar refractivity (Wildman–Crippen MR) is 88.8 cm³/mol. The van der Waals surface area contributed by atoms with Gasteiger partial charge in [0.15, 0.2) is 0 Å². The Bertz CT molecular complexity index is 689. The van der Waals surface area contributed by atoms with Crippen molar-refractivity contribution in [3.8, 4) is 0 Å². The van der Waals surface area contributed by atoms with Gasteiger partial charge >= 0.3 is 0 Å². The van der Waals surface area contributed by atoms with E-state index in [0.29, 0.717) is 12.5 Å². The highest BCUT2D eigenvalue weighted by Crippen LogP contribution is 2.43. The molecule has 0 aliphatic heterocycles. The van der Waals surface area contributed by atoms with Gasteiger partial charge in [0.1, 0.15) is 5.69 Å². The molecule has 2 aromatic rings. The van der Waals surface area contributed by atoms with Crippen LogP contribution in [0.1, 0.15) is 29.7 Å². The quantitative estimate of drug-likeness (QED) is 0.768. The van der Waals surface area contributed by atoms with Gasteiger partial charge in [-0.2, -0.15) is 0 Å². The van der Waals surface area contributed by atoms with Gasteiger partial charge in [0.2, 0.25) is 0 Å². The first kappa shape index (κ1) is 14.6. The molecular formula is C19H23N3O. The van der Waals surface area contributed by atoms with E-state index in [-0.39, 0.29) is 0 Å². The molecule has 1 fully saturated rings. The molecule has 3 atom stereocenters. The lowest BCUT2D eigenvalue weighted by Gasteiger charge is -2.17. The largest absolute Gasteiger partial charge is 0.375 e. The van der Waals surface area contributed by atoms with Crippen LogP contribution in [0.2, 0.25) is 0 Å². The Morgan fingerprint density at radius 2 is 2.04 bits per heavy atom. The Kier molecular flexibility index (Phi) is 4.00. The van der Waals surface area contributed by atoms with Crippen molar-refractivity contribution < 1.29 is 4.74 Å². The lowest BCUT2D eigenvalue weighted by molar-refractivity contribution is 0.0768. The second-order valence-corrected chi connectivity index (χ2v) is 6.95. The zero-order valence-corrected chi connectivity index (χ0v) is 13.6. The van der Waals surface area contributed by atoms with E-state index in [1.54, 1.807) is 0 Å². The van der Waals surface area contributed by atoms with Crippen LogP contribution in [-0.4, -0.2) is 21.6 Å². The van der Waals surface area contributed by atoms with E-state index in [2.05, 4.69) is 53.7 Å². The van der Waals surface area contributed by atoms with E-state index < -0.39 is 0 Å². The minimum absolute atomic E-state index is 0.561. The molecule has 1 heterocycles. The third kappa shape index (κ3) is 3.37. The maximum Gasteiger partial charge on any atom is 0.108 e. The summed E-state index contributed by atoms with van der Waals surface area (Å²) in [5, 5.41) is 8.41. The van der Waals surface area contributed by atoms with Gasteiger partial charge in [-0.1, -0.05) is 47.2 Å². The zero-order valence-electron chi connectivity index (χ0n) is 13.6. The highest BCUT2D eigenvalue weighted by Gasteiger charge is 2.35. The molecule has 0 N–H and O–H groups in total. The van der Waals surface area contributed by atoms with Crippen LogP contribution < -0.4 is 0 Å². The van der Waals surface area contributed by atoms with E-state index in [4.69, 9.17) is 4.74 Å². The van der Waals surface area contributed by atoms with E-state index in [1.807, 2.05) is 10.9 Å². The van der Waals surface area contributed by atoms with Crippen molar-refractivity contribution in [1.29, 1.82) is 0 Å². The van der Waals surface area contributed by atoms with Crippen molar-refractivity contribution in [2.75, 3.05) is 6.61 Å². The molecular weight excluding hydrogens is 286 g/mol. The van der Waals surface area contributed by atoms with E-state index in [9.17, 15) is 0 Å². The minimum Gasteiger partial charge on any atom is -0.375 e. The summed E-state index contributed by atoms with van der Waals surface area (Å²) >= 11 is 0. The standard InChI is InChI=1S/C19H23N3O/c1-14-2-4-15(5-3-14)10-22-11-19(20-21-22)13-23-12-18-9-16-6-7-17(18)8-16/h2-7,11,16-18H,8-10,12-13H2,1H3/t16?,17-,18?/m0/s1. The summed E-state index contributed by atoms with van der Waals surface area (Å²) in [5.41, 5.74) is 3.43. The van der Waals surface area contributed by atoms with Crippen LogP contribution in [0.3, 0.4) is 0 Å². The number of fused-ring (bicyclic) bond motifs is 2. The Balaban J connectivity index is 1.26. The fourth-order valence-electron chi connectivity index (χ4n) is 3.76. The van der Waals surface area contributed by atoms with Crippen molar-refractivity contribution in [2.45, 2.75) is 32.9 Å². The molecule has 120 valence electrons. The van der Waals surface area contributed by atoms with Gasteiger partial charge in [0.25, 0.3) is 0 Å². The predicted octanol–water partition coefficient (Wildman–Crippen LogP) is 3.36. The lowest BCUT2D eigenvalue weighted by atomic mass is 9.95. The molecule has 2 unspecified atom stereocenters. The Hall–Kier alpha value is -1.94. The second-order valence-electron chi connectivity index (χ2n) is 6.95. The van der Waals surface area contributed by atoms with Crippen LogP contribution in [0.4, 0.5) is 0 Å². The molecule has 1 aromatic carbocycles. The van der Waals surface area contributed by atoms with E-state index in [0.717, 1.165) is 30.7 Å². The Morgan fingerprint density at radius 3 is 2.78 bits per heavy atom. The fraction of sp³-hybridized carbons (Fsp3) is 0.474. The molecule has 0 amide bonds. The average Bonchev–Trinajstić information content (AvgIpc) is 3.27. The summed E-state index contributed by atoms with van der Waals surface area (Å²) in [5.74, 6) is 2.26. The topological polar surface area (TPSA) is 39.9 Å². The summed E-state index contributed by atoms with van der Waals surface area (Å²) in [6.07, 6.45) is 9.36. The molecule has 1 aromatic heterocycles. The van der Waals surface area contributed by atoms with Gasteiger partial charge < -0.3 is 4.74 Å². The number of ether oxygens (including phenoxy) is 1. The number of aromatic nitrogens is 3. The van der Waals surface area contributed by atoms with Crippen molar-refractivity contribution in [1.82, 2.24) is 15.0 Å². The monoisotopic (exact) mass is 309 g/mol. The van der Waals surface area contributed by atoms with Crippen molar-refractivity contribution in [3.63, 3.8) is 0 Å². The molecule has 1 saturated carbocycles. The molecule has 0 spiro atoms. The van der Waals surface area contributed by atoms with Crippen molar-refractivity contribution in [2.24, 2.45) is 17.8 Å². The summed E-state index contributed by atoms with van der Waals surface area (Å²) in [4.78, 5) is 0. The first-order chi connectivity index (χ1) is 11.3. The molecule has 2 bridgehead atoms. The maximum absolute atomic E-state index is 5.89. The number of allylic oxidation sites excluding steroid dienone is 2. The highest BCUT2D eigenvalue weighted by atomic mass is 16.5. The first-order valence-corrected chi connectivity index (χ1v) is 8.47. The fourth-order valence-corrected chi connectivity index (χ4v) is 3.76. The summed E-state index contributed by atoms with van der Waals surface area (Å²) in [6, 6.07) is 8.52. The van der Waals surface area contributed by atoms with Gasteiger partial charge in [-0.05, 0) is 43.1 Å². The Labute approximate surface area is 137 Å². The molecule has 4 rings (SSSR count). The number of benzene rings is 1. The number of rotatable bonds is 6. The molecule has 23 heavy (non-hydrogen) atoms. The minimum atomic E-state index is 0.561. The summed E-state index contributed by atoms with van der Waals surface area (Å²) in [7, 11) is 0. The third-order valence-corrected chi connectivity index (χ3v) is 5.05. The second kappa shape index (κ2) is 6.28. The van der Waals surface area contributed by atoms with Crippen LogP contribution >= 0.6 is 0 Å². The molecule has 0 radical (unpaired) electrons. The van der Waals surface area contributed by atoms with Gasteiger partial charge in [0.05, 0.1) is 26.0 Å². The van der Waals surface area contributed by atoms with Crippen LogP contribution in [-0.2, 0) is 17.9 Å². The number of aryl methyl sites for hydroxylation is 1. The smallest absolute Gasteiger partial charge is 0.108 e. The summed E-state index contributed by atoms with van der Waals surface area (Å²) < 4.78 is 7.76. The molecule has 2 aliphatic carbocycles. The van der Waals surface area contributed by atoms with E-state index >= 15 is 0 Å². The number of nitrogens with zero attached hydrogens (tertiary/aromatic N) is 3. The summed E-state index contributed by atoms with van der Waals surface area (Å²) in [6.45, 7) is 4.26. The van der Waals surface area contributed by atoms with Gasteiger partial charge in [-0.3, -0.25) is 0 Å². The van der Waals surface area contributed by atoms with Gasteiger partial charge in [-0.25, -0.2) is 4.68 Å². The van der Waals surface area contributed by atoms with Crippen molar-refractivity contribution in [3.05, 3.63) is 59.4 Å². The van der Waals surface area contributed by atoms with Gasteiger partial charge in [0, 0.05) is 0 Å². The third-order valence-electron chi connectivity index (χ3n) is 5.05. The van der Waals surface area contributed by atoms with E-state index in [1.165, 1.54) is 24.0 Å². The SMILES string of the molecule is Cc1ccc(Cn2cc(COCC3CC4C=C[C@H]3C4)nn2)cc1. The average molecular weight is 309 g/mol. The zero-order chi connectivity index (χ0) is 15.6. The highest BCUT2D eigenvalue weighted by molar-refractivity contribution is 5.21. The normalized spacial score (nSPS) is 25.3. The number of hydrogen-bond donors (Lipinski definition) is 0. The maximum atomic E-state index is 5.89. The first-order valence-electron chi connectivity index (χ1n) is 8.47. The van der Waals surface area contributed by atoms with Crippen molar-refractivity contribution >= 4 is 0 Å². The van der Waals surface area contributed by atoms with Crippen LogP contribution in [0.25, 0.3) is 0 Å². The van der Waals surface area contributed by atoms with Crippen LogP contribution in [0.15, 0.2) is 42.6 Å². The lowest BCUT2D eigenvalue weighted by Crippen LogP contribution is -2.14.